The van der Waals surface area contributed by atoms with Crippen molar-refractivity contribution in [2.45, 2.75) is 36.3 Å². The van der Waals surface area contributed by atoms with E-state index in [9.17, 15) is 15.3 Å². The Labute approximate surface area is 216 Å². The minimum atomic E-state index is -1.48. The zero-order valence-corrected chi connectivity index (χ0v) is 20.2. The number of aliphatic hydroxyl groups excluding tert-OH is 3. The predicted octanol–water partition coefficient (Wildman–Crippen LogP) is 3.88. The molecule has 6 heteroatoms. The summed E-state index contributed by atoms with van der Waals surface area (Å²) in [6.07, 6.45) is -6.45. The van der Waals surface area contributed by atoms with E-state index in [2.05, 4.69) is 0 Å². The fourth-order valence-corrected chi connectivity index (χ4v) is 4.76. The molecule has 0 aromatic heterocycles. The van der Waals surface area contributed by atoms with Crippen molar-refractivity contribution in [2.24, 2.45) is 0 Å². The van der Waals surface area contributed by atoms with Gasteiger partial charge in [0, 0.05) is 0 Å². The third-order valence-corrected chi connectivity index (χ3v) is 6.67. The van der Waals surface area contributed by atoms with Gasteiger partial charge in [-0.3, -0.25) is 0 Å². The van der Waals surface area contributed by atoms with E-state index in [1.165, 1.54) is 0 Å². The molecule has 0 bridgehead atoms. The van der Waals surface area contributed by atoms with Gasteiger partial charge in [0.05, 0.1) is 6.61 Å². The molecule has 0 saturated carbocycles. The Hall–Kier alpha value is -3.52. The van der Waals surface area contributed by atoms with Gasteiger partial charge in [-0.25, -0.2) is 0 Å². The van der Waals surface area contributed by atoms with Crippen molar-refractivity contribution in [3.8, 4) is 5.75 Å². The Kier molecular flexibility index (Phi) is 7.65. The van der Waals surface area contributed by atoms with E-state index in [0.29, 0.717) is 5.75 Å². The molecule has 0 unspecified atom stereocenters. The molecule has 5 atom stereocenters. The summed E-state index contributed by atoms with van der Waals surface area (Å²) in [5.41, 5.74) is 1.67. The van der Waals surface area contributed by atoms with E-state index >= 15 is 0 Å². The van der Waals surface area contributed by atoms with E-state index in [4.69, 9.17) is 14.2 Å². The van der Waals surface area contributed by atoms with Gasteiger partial charge < -0.3 is 29.5 Å². The molecule has 0 radical (unpaired) electrons. The first-order valence-corrected chi connectivity index (χ1v) is 12.3. The van der Waals surface area contributed by atoms with Crippen molar-refractivity contribution in [2.75, 3.05) is 6.61 Å². The monoisotopic (exact) mass is 498 g/mol. The highest BCUT2D eigenvalue weighted by atomic mass is 16.7. The average molecular weight is 499 g/mol. The van der Waals surface area contributed by atoms with Crippen LogP contribution in [-0.2, 0) is 15.1 Å². The SMILES string of the molecule is O[C@@H]1[C@@H](O)[C@@H](Oc2ccccc2)O[C@H](COC(c2ccccc2)(c2ccccc2)c2ccccc2)[C@H]1O. The van der Waals surface area contributed by atoms with Crippen molar-refractivity contribution in [1.29, 1.82) is 0 Å². The molecule has 6 nitrogen and oxygen atoms in total. The van der Waals surface area contributed by atoms with E-state index in [1.807, 2.05) is 97.1 Å². The highest BCUT2D eigenvalue weighted by Crippen LogP contribution is 2.41. The van der Waals surface area contributed by atoms with Crippen LogP contribution < -0.4 is 4.74 Å². The Balaban J connectivity index is 1.49. The molecule has 1 fully saturated rings. The second-order valence-corrected chi connectivity index (χ2v) is 9.04. The van der Waals surface area contributed by atoms with Gasteiger partial charge in [0.2, 0.25) is 6.29 Å². The van der Waals surface area contributed by atoms with Crippen molar-refractivity contribution in [1.82, 2.24) is 0 Å². The van der Waals surface area contributed by atoms with Crippen LogP contribution in [0.2, 0.25) is 0 Å². The van der Waals surface area contributed by atoms with Gasteiger partial charge in [0.1, 0.15) is 35.8 Å². The quantitative estimate of drug-likeness (QED) is 0.320. The summed E-state index contributed by atoms with van der Waals surface area (Å²) in [5.74, 6) is 0.474. The van der Waals surface area contributed by atoms with Gasteiger partial charge in [-0.05, 0) is 28.8 Å². The Morgan fingerprint density at radius 1 is 0.568 bits per heavy atom. The standard InChI is InChI=1S/C31H30O6/c32-27-26(37-30(29(34)28(27)33)36-25-19-11-4-12-20-25)21-35-31(22-13-5-1-6-14-22,23-15-7-2-8-16-23)24-17-9-3-10-18-24/h1-20,26-30,32-34H,21H2/t26-,27-,28+,29-,30+/m1/s1. The number of rotatable bonds is 8. The number of para-hydroxylation sites is 1. The van der Waals surface area contributed by atoms with Crippen LogP contribution in [0, 0.1) is 0 Å². The second-order valence-electron chi connectivity index (χ2n) is 9.04. The van der Waals surface area contributed by atoms with E-state index in [1.54, 1.807) is 24.3 Å². The summed E-state index contributed by atoms with van der Waals surface area (Å²) in [4.78, 5) is 0. The molecule has 1 aliphatic rings. The molecule has 0 amide bonds. The first-order valence-electron chi connectivity index (χ1n) is 12.3. The summed E-state index contributed by atoms with van der Waals surface area (Å²) < 4.78 is 18.5. The smallest absolute Gasteiger partial charge is 0.229 e. The lowest BCUT2D eigenvalue weighted by atomic mass is 9.80. The Morgan fingerprint density at radius 2 is 1.00 bits per heavy atom. The predicted molar refractivity (Wildman–Crippen MR) is 139 cm³/mol. The van der Waals surface area contributed by atoms with Crippen LogP contribution in [0.3, 0.4) is 0 Å². The lowest BCUT2D eigenvalue weighted by Gasteiger charge is -2.42. The average Bonchev–Trinajstić information content (AvgIpc) is 2.96. The molecule has 1 saturated heterocycles. The summed E-state index contributed by atoms with van der Waals surface area (Å²) in [5, 5.41) is 32.0. The molecule has 5 rings (SSSR count). The normalized spacial score (nSPS) is 23.9. The van der Waals surface area contributed by atoms with Crippen LogP contribution in [-0.4, -0.2) is 52.6 Å². The summed E-state index contributed by atoms with van der Waals surface area (Å²) in [6.45, 7) is -0.0850. The van der Waals surface area contributed by atoms with E-state index < -0.39 is 36.3 Å². The van der Waals surface area contributed by atoms with E-state index in [0.717, 1.165) is 16.7 Å². The van der Waals surface area contributed by atoms with Crippen LogP contribution in [0.25, 0.3) is 0 Å². The second kappa shape index (κ2) is 11.3. The highest BCUT2D eigenvalue weighted by molar-refractivity contribution is 5.47. The molecule has 1 aliphatic heterocycles. The zero-order chi connectivity index (χ0) is 25.7. The third kappa shape index (κ3) is 5.16. The zero-order valence-electron chi connectivity index (χ0n) is 20.2. The van der Waals surface area contributed by atoms with Gasteiger partial charge in [-0.2, -0.15) is 0 Å². The topological polar surface area (TPSA) is 88.4 Å². The lowest BCUT2D eigenvalue weighted by Crippen LogP contribution is -2.60. The fraction of sp³-hybridized carbons (Fsp3) is 0.226. The van der Waals surface area contributed by atoms with Crippen molar-refractivity contribution in [3.63, 3.8) is 0 Å². The largest absolute Gasteiger partial charge is 0.462 e. The molecular weight excluding hydrogens is 468 g/mol. The van der Waals surface area contributed by atoms with Gasteiger partial charge >= 0.3 is 0 Å². The minimum absolute atomic E-state index is 0.0850. The molecule has 4 aromatic carbocycles. The maximum absolute atomic E-state index is 10.8. The molecule has 0 aliphatic carbocycles. The number of hydrogen-bond donors (Lipinski definition) is 3. The fourth-order valence-electron chi connectivity index (χ4n) is 4.76. The number of aliphatic hydroxyl groups is 3. The maximum Gasteiger partial charge on any atom is 0.229 e. The molecule has 190 valence electrons. The summed E-state index contributed by atoms with van der Waals surface area (Å²) >= 11 is 0. The van der Waals surface area contributed by atoms with Crippen LogP contribution in [0.1, 0.15) is 16.7 Å². The lowest BCUT2D eigenvalue weighted by molar-refractivity contribution is -0.283. The summed E-state index contributed by atoms with van der Waals surface area (Å²) in [7, 11) is 0. The molecule has 1 heterocycles. The molecule has 37 heavy (non-hydrogen) atoms. The molecular formula is C31H30O6. The first-order chi connectivity index (χ1) is 18.1. The van der Waals surface area contributed by atoms with Crippen LogP contribution >= 0.6 is 0 Å². The number of hydrogen-bond acceptors (Lipinski definition) is 6. The minimum Gasteiger partial charge on any atom is -0.462 e. The maximum atomic E-state index is 10.8. The molecule has 3 N–H and O–H groups in total. The van der Waals surface area contributed by atoms with Gasteiger partial charge in [0.25, 0.3) is 0 Å². The van der Waals surface area contributed by atoms with Crippen LogP contribution in [0.15, 0.2) is 121 Å². The molecule has 4 aromatic rings. The third-order valence-electron chi connectivity index (χ3n) is 6.67. The first kappa shape index (κ1) is 25.1. The van der Waals surface area contributed by atoms with Crippen LogP contribution in [0.4, 0.5) is 0 Å². The number of ether oxygens (including phenoxy) is 3. The molecule has 0 spiro atoms. The van der Waals surface area contributed by atoms with Crippen molar-refractivity contribution < 1.29 is 29.5 Å². The van der Waals surface area contributed by atoms with Gasteiger partial charge in [0.15, 0.2) is 0 Å². The van der Waals surface area contributed by atoms with Crippen LogP contribution in [0.5, 0.6) is 5.75 Å². The van der Waals surface area contributed by atoms with Gasteiger partial charge in [-0.15, -0.1) is 0 Å². The summed E-state index contributed by atoms with van der Waals surface area (Å²) in [6, 6.07) is 38.4. The Bertz CT molecular complexity index is 1140. The number of benzene rings is 4. The van der Waals surface area contributed by atoms with Crippen molar-refractivity contribution >= 4 is 0 Å². The van der Waals surface area contributed by atoms with E-state index in [-0.39, 0.29) is 6.61 Å². The van der Waals surface area contributed by atoms with Crippen molar-refractivity contribution in [3.05, 3.63) is 138 Å². The highest BCUT2D eigenvalue weighted by Gasteiger charge is 2.47. The Morgan fingerprint density at radius 3 is 1.46 bits per heavy atom. The van der Waals surface area contributed by atoms with Gasteiger partial charge in [-0.1, -0.05) is 109 Å².